The predicted molar refractivity (Wildman–Crippen MR) is 261 cm³/mol. The smallest absolute Gasteiger partial charge is 0.0789 e. The molecule has 0 N–H and O–H groups in total. The molecule has 0 amide bonds. The first-order chi connectivity index (χ1) is 29.6. The van der Waals surface area contributed by atoms with Gasteiger partial charge >= 0.3 is 0 Å². The van der Waals surface area contributed by atoms with E-state index in [0.29, 0.717) is 0 Å². The summed E-state index contributed by atoms with van der Waals surface area (Å²) in [6.07, 6.45) is 0. The molecule has 0 aliphatic heterocycles. The summed E-state index contributed by atoms with van der Waals surface area (Å²) in [7, 11) is 0. The zero-order valence-electron chi connectivity index (χ0n) is 35.9. The second-order valence-corrected chi connectivity index (χ2v) is 18.3. The second kappa shape index (κ2) is 14.9. The van der Waals surface area contributed by atoms with E-state index in [9.17, 15) is 0 Å². The number of para-hydroxylation sites is 2. The Hall–Kier alpha value is -7.10. The molecule has 3 heteroatoms. The van der Waals surface area contributed by atoms with Crippen LogP contribution in [0.15, 0.2) is 200 Å². The molecule has 0 aliphatic carbocycles. The van der Waals surface area contributed by atoms with Crippen LogP contribution in [0.5, 0.6) is 0 Å². The maximum Gasteiger partial charge on any atom is 0.0789 e. The van der Waals surface area contributed by atoms with Gasteiger partial charge in [0.25, 0.3) is 0 Å². The van der Waals surface area contributed by atoms with Crippen LogP contribution in [0.1, 0.15) is 52.7 Å². The van der Waals surface area contributed by atoms with Crippen LogP contribution in [0.3, 0.4) is 0 Å². The molecule has 0 saturated heterocycles. The van der Waals surface area contributed by atoms with Crippen LogP contribution < -0.4 is 4.90 Å². The zero-order chi connectivity index (χ0) is 41.9. The van der Waals surface area contributed by atoms with Crippen molar-refractivity contribution in [3.8, 4) is 33.8 Å². The Morgan fingerprint density at radius 1 is 0.344 bits per heavy atom. The van der Waals surface area contributed by atoms with Gasteiger partial charge in [0, 0.05) is 50.2 Å². The molecule has 0 radical (unpaired) electrons. The topological polar surface area (TPSA) is 13.1 Å². The van der Waals surface area contributed by atoms with Gasteiger partial charge in [-0.2, -0.15) is 0 Å². The van der Waals surface area contributed by atoms with Crippen LogP contribution in [0.2, 0.25) is 0 Å². The Bertz CT molecular complexity index is 3080. The molecule has 0 bridgehead atoms. The van der Waals surface area contributed by atoms with E-state index in [1.807, 2.05) is 0 Å². The van der Waals surface area contributed by atoms with Crippen molar-refractivity contribution in [3.05, 3.63) is 211 Å². The number of benzene rings is 8. The summed E-state index contributed by atoms with van der Waals surface area (Å²) in [4.78, 5) is 2.38. The van der Waals surface area contributed by atoms with Crippen molar-refractivity contribution < 1.29 is 0 Å². The standard InChI is InChI=1S/C58H51N3/c1-57(2,3)42-26-30-45(31-27-42)59(46-32-28-43(29-33-46)58(4,5)6)47-34-36-48(37-35-47)60-52-25-17-16-24-49(52)50-38-39-51-53(40-18-10-7-11-19-40)54(41-20-12-8-13-21-41)61(56(51)55(50)60)44-22-14-9-15-23-44/h7-39H,1-6H3. The largest absolute Gasteiger partial charge is 0.311 e. The van der Waals surface area contributed by atoms with E-state index in [-0.39, 0.29) is 10.8 Å². The van der Waals surface area contributed by atoms with Crippen molar-refractivity contribution in [1.29, 1.82) is 0 Å². The van der Waals surface area contributed by atoms with Gasteiger partial charge in [0.1, 0.15) is 0 Å². The molecule has 10 aromatic rings. The lowest BCUT2D eigenvalue weighted by Crippen LogP contribution is -2.14. The molecule has 0 fully saturated rings. The minimum atomic E-state index is 0.0667. The van der Waals surface area contributed by atoms with E-state index >= 15 is 0 Å². The van der Waals surface area contributed by atoms with Gasteiger partial charge in [-0.15, -0.1) is 0 Å². The van der Waals surface area contributed by atoms with Gasteiger partial charge in [-0.05, 0) is 99.8 Å². The average Bonchev–Trinajstić information content (AvgIpc) is 3.81. The van der Waals surface area contributed by atoms with Gasteiger partial charge in [-0.3, -0.25) is 0 Å². The molecule has 2 heterocycles. The van der Waals surface area contributed by atoms with Gasteiger partial charge in [0.05, 0.1) is 22.2 Å². The minimum Gasteiger partial charge on any atom is -0.311 e. The molecular formula is C58H51N3. The van der Waals surface area contributed by atoms with Crippen LogP contribution in [0.25, 0.3) is 66.5 Å². The molecule has 2 aromatic heterocycles. The number of hydrogen-bond acceptors (Lipinski definition) is 1. The number of fused-ring (bicyclic) bond motifs is 5. The van der Waals surface area contributed by atoms with Gasteiger partial charge < -0.3 is 14.0 Å². The molecule has 8 aromatic carbocycles. The molecule has 0 unspecified atom stereocenters. The molecule has 3 nitrogen and oxygen atoms in total. The Morgan fingerprint density at radius 2 is 0.770 bits per heavy atom. The highest BCUT2D eigenvalue weighted by molar-refractivity contribution is 6.22. The molecule has 0 saturated carbocycles. The van der Waals surface area contributed by atoms with Crippen molar-refractivity contribution in [3.63, 3.8) is 0 Å². The molecule has 61 heavy (non-hydrogen) atoms. The number of anilines is 3. The minimum absolute atomic E-state index is 0.0667. The maximum absolute atomic E-state index is 2.50. The summed E-state index contributed by atoms with van der Waals surface area (Å²) in [5.41, 5.74) is 16.7. The van der Waals surface area contributed by atoms with Gasteiger partial charge in [0.2, 0.25) is 0 Å². The van der Waals surface area contributed by atoms with Crippen LogP contribution in [0.4, 0.5) is 17.1 Å². The third-order valence-corrected chi connectivity index (χ3v) is 12.2. The SMILES string of the molecule is CC(C)(C)c1ccc(N(c2ccc(-n3c4ccccc4c4ccc5c(-c6ccccc6)c(-c6ccccc6)n(-c6ccccc6)c5c43)cc2)c2ccc(C(C)(C)C)cc2)cc1. The Kier molecular flexibility index (Phi) is 9.29. The van der Waals surface area contributed by atoms with Crippen molar-refractivity contribution in [2.24, 2.45) is 0 Å². The summed E-state index contributed by atoms with van der Waals surface area (Å²) < 4.78 is 4.99. The predicted octanol–water partition coefficient (Wildman–Crippen LogP) is 16.1. The lowest BCUT2D eigenvalue weighted by atomic mass is 9.86. The van der Waals surface area contributed by atoms with Gasteiger partial charge in [0.15, 0.2) is 0 Å². The normalized spacial score (nSPS) is 12.1. The molecule has 0 atom stereocenters. The summed E-state index contributed by atoms with van der Waals surface area (Å²) in [5.74, 6) is 0. The van der Waals surface area contributed by atoms with E-state index in [2.05, 4.69) is 256 Å². The monoisotopic (exact) mass is 789 g/mol. The fourth-order valence-electron chi connectivity index (χ4n) is 9.11. The van der Waals surface area contributed by atoms with Crippen molar-refractivity contribution in [1.82, 2.24) is 9.13 Å². The van der Waals surface area contributed by atoms with E-state index < -0.39 is 0 Å². The Labute approximate surface area is 359 Å². The molecular weight excluding hydrogens is 739 g/mol. The first-order valence-corrected chi connectivity index (χ1v) is 21.4. The molecule has 10 rings (SSSR count). The van der Waals surface area contributed by atoms with Crippen molar-refractivity contribution in [2.75, 3.05) is 4.90 Å². The van der Waals surface area contributed by atoms with Crippen LogP contribution >= 0.6 is 0 Å². The molecule has 0 spiro atoms. The number of rotatable bonds is 7. The number of aromatic nitrogens is 2. The highest BCUT2D eigenvalue weighted by atomic mass is 15.1. The van der Waals surface area contributed by atoms with Crippen LogP contribution in [0, 0.1) is 0 Å². The number of nitrogens with zero attached hydrogens (tertiary/aromatic N) is 3. The summed E-state index contributed by atoms with van der Waals surface area (Å²) in [6, 6.07) is 73.5. The van der Waals surface area contributed by atoms with E-state index in [4.69, 9.17) is 0 Å². The summed E-state index contributed by atoms with van der Waals surface area (Å²) >= 11 is 0. The fraction of sp³-hybridized carbons (Fsp3) is 0.138. The van der Waals surface area contributed by atoms with E-state index in [0.717, 1.165) is 28.4 Å². The average molecular weight is 790 g/mol. The summed E-state index contributed by atoms with van der Waals surface area (Å²) in [6.45, 7) is 13.6. The summed E-state index contributed by atoms with van der Waals surface area (Å²) in [5, 5.41) is 3.66. The van der Waals surface area contributed by atoms with Crippen molar-refractivity contribution in [2.45, 2.75) is 52.4 Å². The molecule has 298 valence electrons. The lowest BCUT2D eigenvalue weighted by molar-refractivity contribution is 0.590. The zero-order valence-corrected chi connectivity index (χ0v) is 35.9. The van der Waals surface area contributed by atoms with E-state index in [1.54, 1.807) is 0 Å². The van der Waals surface area contributed by atoms with Gasteiger partial charge in [-0.1, -0.05) is 175 Å². The number of hydrogen-bond donors (Lipinski definition) is 0. The third-order valence-electron chi connectivity index (χ3n) is 12.2. The first-order valence-electron chi connectivity index (χ1n) is 21.4. The van der Waals surface area contributed by atoms with Gasteiger partial charge in [-0.25, -0.2) is 0 Å². The maximum atomic E-state index is 2.50. The van der Waals surface area contributed by atoms with Crippen LogP contribution in [-0.4, -0.2) is 9.13 Å². The second-order valence-electron chi connectivity index (χ2n) is 18.3. The highest BCUT2D eigenvalue weighted by Crippen LogP contribution is 2.47. The van der Waals surface area contributed by atoms with E-state index in [1.165, 1.54) is 66.2 Å². The highest BCUT2D eigenvalue weighted by Gasteiger charge is 2.26. The Morgan fingerprint density at radius 3 is 1.31 bits per heavy atom. The van der Waals surface area contributed by atoms with Crippen LogP contribution in [-0.2, 0) is 10.8 Å². The molecule has 0 aliphatic rings. The Balaban J connectivity index is 1.23. The third kappa shape index (κ3) is 6.71. The first kappa shape index (κ1) is 38.1. The quantitative estimate of drug-likeness (QED) is 0.157. The fourth-order valence-corrected chi connectivity index (χ4v) is 9.11. The lowest BCUT2D eigenvalue weighted by Gasteiger charge is -2.28. The van der Waals surface area contributed by atoms with Crippen molar-refractivity contribution >= 4 is 49.8 Å².